The Labute approximate surface area is 349 Å². The van der Waals surface area contributed by atoms with Gasteiger partial charge in [0.1, 0.15) is 48.4 Å². The summed E-state index contributed by atoms with van der Waals surface area (Å²) in [5.74, 6) is -1.12. The van der Waals surface area contributed by atoms with E-state index in [1.807, 2.05) is 115 Å². The molecule has 0 aromatic heterocycles. The van der Waals surface area contributed by atoms with Crippen LogP contribution in [0.4, 0.5) is 0 Å². The summed E-state index contributed by atoms with van der Waals surface area (Å²) in [6.45, 7) is 4.22. The molecular formula is C45H51N3O12. The van der Waals surface area contributed by atoms with Crippen LogP contribution in [-0.2, 0) is 78.6 Å². The highest BCUT2D eigenvalue weighted by molar-refractivity contribution is 5.75. The van der Waals surface area contributed by atoms with Crippen molar-refractivity contribution in [2.75, 3.05) is 20.8 Å². The first-order valence-corrected chi connectivity index (χ1v) is 19.9. The zero-order valence-corrected chi connectivity index (χ0v) is 34.0. The van der Waals surface area contributed by atoms with Crippen molar-refractivity contribution in [1.82, 2.24) is 0 Å². The number of hydrogen-bond donors (Lipinski definition) is 0. The van der Waals surface area contributed by atoms with E-state index in [0.29, 0.717) is 5.75 Å². The number of rotatable bonds is 18. The Bertz CT molecular complexity index is 1990. The minimum absolute atomic E-state index is 0.0294. The Kier molecular flexibility index (Phi) is 14.8. The molecule has 3 fully saturated rings. The molecule has 3 aliphatic heterocycles. The number of ether oxygens (including phenoxy) is 11. The third kappa shape index (κ3) is 10.9. The monoisotopic (exact) mass is 825 g/mol. The van der Waals surface area contributed by atoms with Crippen molar-refractivity contribution in [3.63, 3.8) is 0 Å². The number of fused-ring (bicyclic) bond motifs is 1. The fourth-order valence-electron chi connectivity index (χ4n) is 7.49. The largest absolute Gasteiger partial charge is 0.497 e. The van der Waals surface area contributed by atoms with Gasteiger partial charge in [0.25, 0.3) is 0 Å². The molecule has 0 bridgehead atoms. The van der Waals surface area contributed by atoms with Crippen LogP contribution >= 0.6 is 0 Å². The maximum absolute atomic E-state index is 13.6. The molecule has 3 heterocycles. The van der Waals surface area contributed by atoms with Crippen molar-refractivity contribution < 1.29 is 56.9 Å². The van der Waals surface area contributed by atoms with Gasteiger partial charge in [0.15, 0.2) is 24.5 Å². The van der Waals surface area contributed by atoms with Crippen molar-refractivity contribution in [3.05, 3.63) is 148 Å². The second-order valence-corrected chi connectivity index (χ2v) is 15.0. The molecule has 4 aromatic carbocycles. The standard InChI is InChI=1S/C45H51N3O12/c1-45(2)59-41-38(55-26-31-18-12-7-13-19-31)39(40(42(49)51-4)58-44(41)60-45)57-43-35(47-48-46)37(54-25-30-16-10-6-11-17-30)36(53-27-32-20-22-33(50-3)23-21-32)34(56-43)28-52-24-29-14-8-5-9-15-29/h5-23,34-41,43-44H,24-28H2,1-4H3/t34-,35-,36-,37-,38+,39+,40-,41-,43-,44-/m1/s1. The van der Waals surface area contributed by atoms with Crippen molar-refractivity contribution in [3.8, 4) is 5.75 Å². The Hall–Kier alpha value is -4.90. The van der Waals surface area contributed by atoms with Gasteiger partial charge >= 0.3 is 5.97 Å². The van der Waals surface area contributed by atoms with Crippen LogP contribution in [0.25, 0.3) is 10.4 Å². The SMILES string of the molecule is COC(=O)[C@@H]1O[C@@H]2OC(C)(C)O[C@@H]2[C@@H](OCc2ccccc2)[C@@H]1O[C@H]1O[C@H](COCc2ccccc2)[C@@H](OCc2ccc(OC)cc2)[C@H](OCc2ccccc2)[C@H]1N=[N+]=[N-]. The van der Waals surface area contributed by atoms with Gasteiger partial charge in [-0.1, -0.05) is 108 Å². The Balaban J connectivity index is 1.24. The average Bonchev–Trinajstić information content (AvgIpc) is 3.60. The fraction of sp³-hybridized carbons (Fsp3) is 0.444. The molecule has 7 rings (SSSR count). The molecule has 0 spiro atoms. The Morgan fingerprint density at radius 3 is 1.80 bits per heavy atom. The topological polar surface area (TPSA) is 167 Å². The summed E-state index contributed by atoms with van der Waals surface area (Å²) >= 11 is 0. The normalized spacial score (nSPS) is 28.3. The van der Waals surface area contributed by atoms with Crippen LogP contribution in [0.1, 0.15) is 36.1 Å². The van der Waals surface area contributed by atoms with E-state index in [4.69, 9.17) is 52.1 Å². The number of nitrogens with zero attached hydrogens (tertiary/aromatic N) is 3. The van der Waals surface area contributed by atoms with Crippen molar-refractivity contribution in [2.45, 2.75) is 107 Å². The van der Waals surface area contributed by atoms with E-state index in [1.165, 1.54) is 7.11 Å². The maximum Gasteiger partial charge on any atom is 0.337 e. The molecule has 10 atom stereocenters. The zero-order valence-electron chi connectivity index (χ0n) is 34.0. The van der Waals surface area contributed by atoms with Gasteiger partial charge < -0.3 is 52.1 Å². The summed E-state index contributed by atoms with van der Waals surface area (Å²) in [5.41, 5.74) is 13.7. The second-order valence-electron chi connectivity index (χ2n) is 15.0. The molecule has 15 nitrogen and oxygen atoms in total. The summed E-state index contributed by atoms with van der Waals surface area (Å²) in [4.78, 5) is 16.8. The van der Waals surface area contributed by atoms with Crippen LogP contribution in [0.5, 0.6) is 5.75 Å². The minimum atomic E-state index is -1.37. The lowest BCUT2D eigenvalue weighted by Gasteiger charge is -2.48. The van der Waals surface area contributed by atoms with Crippen molar-refractivity contribution >= 4 is 5.97 Å². The lowest BCUT2D eigenvalue weighted by atomic mass is 9.95. The first kappa shape index (κ1) is 43.2. The average molecular weight is 826 g/mol. The van der Waals surface area contributed by atoms with Gasteiger partial charge in [0.2, 0.25) is 0 Å². The summed E-state index contributed by atoms with van der Waals surface area (Å²) < 4.78 is 69.1. The number of hydrogen-bond acceptors (Lipinski definition) is 13. The molecule has 3 aliphatic rings. The molecule has 4 aromatic rings. The number of methoxy groups -OCH3 is 2. The van der Waals surface area contributed by atoms with E-state index in [0.717, 1.165) is 22.3 Å². The molecule has 0 radical (unpaired) electrons. The van der Waals surface area contributed by atoms with Crippen LogP contribution in [0.3, 0.4) is 0 Å². The molecule has 0 unspecified atom stereocenters. The fourth-order valence-corrected chi connectivity index (χ4v) is 7.49. The smallest absolute Gasteiger partial charge is 0.337 e. The van der Waals surface area contributed by atoms with Gasteiger partial charge in [-0.2, -0.15) is 0 Å². The van der Waals surface area contributed by atoms with Gasteiger partial charge in [0.05, 0.1) is 47.3 Å². The van der Waals surface area contributed by atoms with E-state index < -0.39 is 73.1 Å². The predicted molar refractivity (Wildman–Crippen MR) is 215 cm³/mol. The summed E-state index contributed by atoms with van der Waals surface area (Å²) in [5, 5.41) is 4.23. The zero-order chi connectivity index (χ0) is 41.9. The van der Waals surface area contributed by atoms with Crippen LogP contribution in [-0.4, -0.2) is 93.9 Å². The number of benzene rings is 4. The van der Waals surface area contributed by atoms with E-state index in [1.54, 1.807) is 21.0 Å². The molecule has 15 heteroatoms. The molecule has 3 saturated heterocycles. The lowest BCUT2D eigenvalue weighted by molar-refractivity contribution is -0.333. The summed E-state index contributed by atoms with van der Waals surface area (Å²) in [7, 11) is 2.86. The van der Waals surface area contributed by atoms with Crippen LogP contribution in [0, 0.1) is 0 Å². The van der Waals surface area contributed by atoms with Crippen molar-refractivity contribution in [1.29, 1.82) is 0 Å². The molecule has 0 amide bonds. The second kappa shape index (κ2) is 20.6. The molecule has 0 N–H and O–H groups in total. The number of carbonyl (C=O) groups excluding carboxylic acids is 1. The highest BCUT2D eigenvalue weighted by Crippen LogP contribution is 2.41. The third-order valence-corrected chi connectivity index (χ3v) is 10.4. The Morgan fingerprint density at radius 1 is 0.683 bits per heavy atom. The quantitative estimate of drug-likeness (QED) is 0.0446. The van der Waals surface area contributed by atoms with Gasteiger partial charge in [-0.25, -0.2) is 4.79 Å². The van der Waals surface area contributed by atoms with E-state index in [-0.39, 0.29) is 33.0 Å². The van der Waals surface area contributed by atoms with Crippen LogP contribution < -0.4 is 4.74 Å². The van der Waals surface area contributed by atoms with E-state index in [9.17, 15) is 10.3 Å². The lowest BCUT2D eigenvalue weighted by Crippen LogP contribution is -2.65. The number of esters is 1. The number of azide groups is 1. The van der Waals surface area contributed by atoms with Crippen LogP contribution in [0.15, 0.2) is 120 Å². The minimum Gasteiger partial charge on any atom is -0.497 e. The Morgan fingerprint density at radius 2 is 1.23 bits per heavy atom. The predicted octanol–water partition coefficient (Wildman–Crippen LogP) is 6.81. The van der Waals surface area contributed by atoms with Gasteiger partial charge in [-0.3, -0.25) is 0 Å². The maximum atomic E-state index is 13.6. The summed E-state index contributed by atoms with van der Waals surface area (Å²) in [6, 6.07) is 35.2. The molecule has 0 aliphatic carbocycles. The van der Waals surface area contributed by atoms with E-state index >= 15 is 0 Å². The molecule has 318 valence electrons. The van der Waals surface area contributed by atoms with Gasteiger partial charge in [-0.05, 0) is 53.8 Å². The third-order valence-electron chi connectivity index (χ3n) is 10.4. The van der Waals surface area contributed by atoms with E-state index in [2.05, 4.69) is 10.0 Å². The number of carbonyl (C=O) groups is 1. The molecule has 0 saturated carbocycles. The first-order valence-electron chi connectivity index (χ1n) is 19.9. The first-order chi connectivity index (χ1) is 29.2. The van der Waals surface area contributed by atoms with Gasteiger partial charge in [-0.15, -0.1) is 0 Å². The van der Waals surface area contributed by atoms with Crippen molar-refractivity contribution in [2.24, 2.45) is 5.11 Å². The summed E-state index contributed by atoms with van der Waals surface area (Å²) in [6.07, 6.45) is -9.38. The van der Waals surface area contributed by atoms with Crippen LogP contribution in [0.2, 0.25) is 0 Å². The van der Waals surface area contributed by atoms with Gasteiger partial charge in [0, 0.05) is 4.91 Å². The highest BCUT2D eigenvalue weighted by Gasteiger charge is 2.59. The molecule has 60 heavy (non-hydrogen) atoms. The highest BCUT2D eigenvalue weighted by atomic mass is 16.8. The molecular weight excluding hydrogens is 775 g/mol.